The third-order valence-electron chi connectivity index (χ3n) is 3.74. The summed E-state index contributed by atoms with van der Waals surface area (Å²) < 4.78 is 12.0. The highest BCUT2D eigenvalue weighted by atomic mass is 32.2. The van der Waals surface area contributed by atoms with Gasteiger partial charge >= 0.3 is 0 Å². The molecule has 0 saturated heterocycles. The number of amides is 1. The summed E-state index contributed by atoms with van der Waals surface area (Å²) in [5, 5.41) is 2.86. The molecule has 3 nitrogen and oxygen atoms in total. The molecular formula is C18H19NO2S2. The van der Waals surface area contributed by atoms with Crippen LogP contribution in [0.1, 0.15) is 11.1 Å². The van der Waals surface area contributed by atoms with Crippen molar-refractivity contribution in [2.75, 3.05) is 12.3 Å². The molecule has 2 aromatic carbocycles. The number of hydrogen-bond acceptors (Lipinski definition) is 3. The molecule has 0 bridgehead atoms. The van der Waals surface area contributed by atoms with Crippen molar-refractivity contribution in [1.29, 1.82) is 0 Å². The van der Waals surface area contributed by atoms with Crippen LogP contribution in [0.2, 0.25) is 0 Å². The van der Waals surface area contributed by atoms with Gasteiger partial charge in [0.15, 0.2) is 0 Å². The van der Waals surface area contributed by atoms with Crippen molar-refractivity contribution in [3.05, 3.63) is 65.7 Å². The Morgan fingerprint density at radius 2 is 1.87 bits per heavy atom. The van der Waals surface area contributed by atoms with Crippen LogP contribution in [0.4, 0.5) is 0 Å². The maximum Gasteiger partial charge on any atom is 0.233 e. The number of carbonyl (C=O) groups excluding carboxylic acids is 1. The largest absolute Gasteiger partial charge is 0.354 e. The number of nitrogens with one attached hydrogen (secondary N) is 1. The smallest absolute Gasteiger partial charge is 0.233 e. The van der Waals surface area contributed by atoms with Crippen molar-refractivity contribution in [2.45, 2.75) is 22.3 Å². The first-order chi connectivity index (χ1) is 11.2. The van der Waals surface area contributed by atoms with E-state index in [1.807, 2.05) is 42.5 Å². The minimum absolute atomic E-state index is 0.0444. The predicted octanol–water partition coefficient (Wildman–Crippen LogP) is 2.77. The lowest BCUT2D eigenvalue weighted by molar-refractivity contribution is -0.120. The molecular weight excluding hydrogens is 326 g/mol. The zero-order valence-corrected chi connectivity index (χ0v) is 14.4. The molecule has 120 valence electrons. The minimum Gasteiger partial charge on any atom is -0.354 e. The molecule has 1 aliphatic rings. The molecule has 2 unspecified atom stereocenters. The molecule has 3 rings (SSSR count). The summed E-state index contributed by atoms with van der Waals surface area (Å²) in [6, 6.07) is 17.9. The minimum atomic E-state index is -0.950. The molecule has 2 atom stereocenters. The third-order valence-corrected chi connectivity index (χ3v) is 6.37. The van der Waals surface area contributed by atoms with Gasteiger partial charge < -0.3 is 5.32 Å². The average Bonchev–Trinajstić information content (AvgIpc) is 3.00. The molecule has 5 heteroatoms. The first kappa shape index (κ1) is 16.3. The zero-order chi connectivity index (χ0) is 16.1. The predicted molar refractivity (Wildman–Crippen MR) is 96.0 cm³/mol. The second-order valence-electron chi connectivity index (χ2n) is 5.48. The van der Waals surface area contributed by atoms with Gasteiger partial charge in [-0.2, -0.15) is 0 Å². The zero-order valence-electron chi connectivity index (χ0n) is 12.7. The molecule has 1 N–H and O–H groups in total. The molecule has 23 heavy (non-hydrogen) atoms. The Balaban J connectivity index is 1.41. The van der Waals surface area contributed by atoms with Crippen LogP contribution < -0.4 is 5.32 Å². The van der Waals surface area contributed by atoms with Crippen LogP contribution in [0.15, 0.2) is 59.5 Å². The normalized spacial score (nSPS) is 17.5. The number of thioether (sulfide) groups is 1. The molecule has 1 heterocycles. The van der Waals surface area contributed by atoms with Crippen LogP contribution in [0.3, 0.4) is 0 Å². The summed E-state index contributed by atoms with van der Waals surface area (Å²) in [5.74, 6) is 1.08. The lowest BCUT2D eigenvalue weighted by Gasteiger charge is -2.10. The molecule has 0 radical (unpaired) electrons. The Morgan fingerprint density at radius 3 is 2.65 bits per heavy atom. The van der Waals surface area contributed by atoms with E-state index in [1.165, 1.54) is 10.5 Å². The van der Waals surface area contributed by atoms with E-state index in [0.717, 1.165) is 12.0 Å². The van der Waals surface area contributed by atoms with Gasteiger partial charge in [-0.3, -0.25) is 9.00 Å². The first-order valence-electron chi connectivity index (χ1n) is 7.63. The second-order valence-corrected chi connectivity index (χ2v) is 8.30. The summed E-state index contributed by atoms with van der Waals surface area (Å²) in [5.41, 5.74) is 2.31. The summed E-state index contributed by atoms with van der Waals surface area (Å²) in [6.45, 7) is 0.464. The van der Waals surface area contributed by atoms with Crippen molar-refractivity contribution in [2.24, 2.45) is 0 Å². The van der Waals surface area contributed by atoms with E-state index >= 15 is 0 Å². The highest BCUT2D eigenvalue weighted by molar-refractivity contribution is 8.01. The summed E-state index contributed by atoms with van der Waals surface area (Å²) in [7, 11) is -0.950. The Bertz CT molecular complexity index is 678. The van der Waals surface area contributed by atoms with Crippen molar-refractivity contribution in [3.8, 4) is 0 Å². The summed E-state index contributed by atoms with van der Waals surface area (Å²) in [4.78, 5) is 13.4. The molecule has 0 spiro atoms. The van der Waals surface area contributed by atoms with Crippen molar-refractivity contribution < 1.29 is 9.00 Å². The Morgan fingerprint density at radius 1 is 1.13 bits per heavy atom. The highest BCUT2D eigenvalue weighted by Crippen LogP contribution is 2.36. The van der Waals surface area contributed by atoms with Gasteiger partial charge in [-0.15, -0.1) is 11.8 Å². The quantitative estimate of drug-likeness (QED) is 0.876. The molecule has 0 saturated carbocycles. The van der Waals surface area contributed by atoms with Crippen molar-refractivity contribution in [1.82, 2.24) is 5.32 Å². The number of hydrogen-bond donors (Lipinski definition) is 1. The average molecular weight is 345 g/mol. The number of benzene rings is 2. The van der Waals surface area contributed by atoms with Gasteiger partial charge in [0.05, 0.1) is 5.25 Å². The van der Waals surface area contributed by atoms with E-state index in [9.17, 15) is 9.00 Å². The molecule has 1 amide bonds. The molecule has 0 fully saturated rings. The van der Waals surface area contributed by atoms with Crippen LogP contribution in [0, 0.1) is 0 Å². The number of rotatable bonds is 6. The van der Waals surface area contributed by atoms with Gasteiger partial charge in [0.2, 0.25) is 5.91 Å². The van der Waals surface area contributed by atoms with Gasteiger partial charge in [0, 0.05) is 33.7 Å². The SMILES string of the molecule is O=C(NCCS(=O)Cc1ccccc1)C1Cc2ccccc2S1. The van der Waals surface area contributed by atoms with Crippen LogP contribution in [-0.4, -0.2) is 27.7 Å². The maximum atomic E-state index is 12.2. The van der Waals surface area contributed by atoms with Crippen molar-refractivity contribution >= 4 is 28.5 Å². The monoisotopic (exact) mass is 345 g/mol. The standard InChI is InChI=1S/C18H19NO2S2/c20-18(17-12-15-8-4-5-9-16(15)22-17)19-10-11-23(21)13-14-6-2-1-3-7-14/h1-9,17H,10-13H2,(H,19,20). The Kier molecular flexibility index (Phi) is 5.51. The first-order valence-corrected chi connectivity index (χ1v) is 10.0. The Hall–Kier alpha value is -1.59. The van der Waals surface area contributed by atoms with E-state index < -0.39 is 10.8 Å². The fourth-order valence-corrected chi connectivity index (χ4v) is 4.82. The molecule has 1 aliphatic heterocycles. The summed E-state index contributed by atoms with van der Waals surface area (Å²) >= 11 is 1.62. The maximum absolute atomic E-state index is 12.2. The number of carbonyl (C=O) groups is 1. The topological polar surface area (TPSA) is 46.2 Å². The molecule has 2 aromatic rings. The second kappa shape index (κ2) is 7.79. The van der Waals surface area contributed by atoms with Crippen LogP contribution in [0.25, 0.3) is 0 Å². The van der Waals surface area contributed by atoms with E-state index in [-0.39, 0.29) is 11.2 Å². The van der Waals surface area contributed by atoms with Gasteiger partial charge in [-0.05, 0) is 23.6 Å². The van der Waals surface area contributed by atoms with Gasteiger partial charge in [-0.25, -0.2) is 0 Å². The number of fused-ring (bicyclic) bond motifs is 1. The molecule has 0 aromatic heterocycles. The summed E-state index contributed by atoms with van der Waals surface area (Å²) in [6.07, 6.45) is 0.778. The Labute approximate surface area is 143 Å². The van der Waals surface area contributed by atoms with Crippen LogP contribution >= 0.6 is 11.8 Å². The van der Waals surface area contributed by atoms with Crippen LogP contribution in [-0.2, 0) is 27.8 Å². The van der Waals surface area contributed by atoms with E-state index in [2.05, 4.69) is 17.4 Å². The van der Waals surface area contributed by atoms with Crippen molar-refractivity contribution in [3.63, 3.8) is 0 Å². The van der Waals surface area contributed by atoms with Gasteiger partial charge in [0.1, 0.15) is 0 Å². The fourth-order valence-electron chi connectivity index (χ4n) is 2.56. The third kappa shape index (κ3) is 4.45. The van der Waals surface area contributed by atoms with E-state index in [0.29, 0.717) is 18.1 Å². The van der Waals surface area contributed by atoms with E-state index in [1.54, 1.807) is 11.8 Å². The van der Waals surface area contributed by atoms with Gasteiger partial charge in [-0.1, -0.05) is 48.5 Å². The van der Waals surface area contributed by atoms with E-state index in [4.69, 9.17) is 0 Å². The van der Waals surface area contributed by atoms with Gasteiger partial charge in [0.25, 0.3) is 0 Å². The van der Waals surface area contributed by atoms with Crippen LogP contribution in [0.5, 0.6) is 0 Å². The lowest BCUT2D eigenvalue weighted by Crippen LogP contribution is -2.35. The fraction of sp³-hybridized carbons (Fsp3) is 0.278. The highest BCUT2D eigenvalue weighted by Gasteiger charge is 2.27. The lowest BCUT2D eigenvalue weighted by atomic mass is 10.1. The molecule has 0 aliphatic carbocycles.